The normalized spacial score (nSPS) is 9.75. The lowest BCUT2D eigenvalue weighted by Gasteiger charge is -1.96. The standard InChI is InChI=1S/C4H13N3O/c5-3-1-2-4-7-8-6/h7H,1-6H2. The minimum absolute atomic E-state index is 0.728. The van der Waals surface area contributed by atoms with E-state index in [2.05, 4.69) is 16.3 Å². The zero-order valence-corrected chi connectivity index (χ0v) is 4.89. The van der Waals surface area contributed by atoms with Gasteiger partial charge in [0, 0.05) is 6.54 Å². The van der Waals surface area contributed by atoms with E-state index in [9.17, 15) is 0 Å². The quantitative estimate of drug-likeness (QED) is 0.324. The molecular weight excluding hydrogens is 106 g/mol. The van der Waals surface area contributed by atoms with Gasteiger partial charge in [0.25, 0.3) is 0 Å². The Morgan fingerprint density at radius 1 is 1.38 bits per heavy atom. The van der Waals surface area contributed by atoms with Gasteiger partial charge in [0.05, 0.1) is 0 Å². The monoisotopic (exact) mass is 119 g/mol. The SMILES string of the molecule is NCCCCNON. The number of hydroxylamine groups is 1. The zero-order chi connectivity index (χ0) is 6.24. The van der Waals surface area contributed by atoms with Crippen LogP contribution in [-0.2, 0) is 4.94 Å². The predicted molar refractivity (Wildman–Crippen MR) is 31.6 cm³/mol. The molecule has 0 saturated carbocycles. The molecule has 4 heteroatoms. The van der Waals surface area contributed by atoms with Crippen molar-refractivity contribution in [3.05, 3.63) is 0 Å². The lowest BCUT2D eigenvalue weighted by atomic mass is 10.3. The first-order chi connectivity index (χ1) is 3.91. The summed E-state index contributed by atoms with van der Waals surface area (Å²) in [6, 6.07) is 0. The molecule has 0 radical (unpaired) electrons. The van der Waals surface area contributed by atoms with Crippen LogP contribution in [0.25, 0.3) is 0 Å². The second-order valence-electron chi connectivity index (χ2n) is 1.51. The van der Waals surface area contributed by atoms with Crippen molar-refractivity contribution in [3.8, 4) is 0 Å². The maximum atomic E-state index is 5.21. The minimum atomic E-state index is 0.728. The number of nitrogens with two attached hydrogens (primary N) is 2. The highest BCUT2D eigenvalue weighted by atomic mass is 16.8. The van der Waals surface area contributed by atoms with Gasteiger partial charge in [-0.3, -0.25) is 0 Å². The third-order valence-electron chi connectivity index (χ3n) is 0.816. The van der Waals surface area contributed by atoms with Crippen molar-refractivity contribution in [2.75, 3.05) is 13.1 Å². The summed E-state index contributed by atoms with van der Waals surface area (Å²) in [5.74, 6) is 4.67. The molecule has 0 atom stereocenters. The topological polar surface area (TPSA) is 73.3 Å². The Labute approximate surface area is 49.1 Å². The fraction of sp³-hybridized carbons (Fsp3) is 1.00. The highest BCUT2D eigenvalue weighted by molar-refractivity contribution is 4.39. The summed E-state index contributed by atoms with van der Waals surface area (Å²) in [5.41, 5.74) is 7.72. The molecule has 4 nitrogen and oxygen atoms in total. The first kappa shape index (κ1) is 7.84. The summed E-state index contributed by atoms with van der Waals surface area (Å²) >= 11 is 0. The largest absolute Gasteiger partial charge is 0.330 e. The fourth-order valence-corrected chi connectivity index (χ4v) is 0.400. The molecule has 8 heavy (non-hydrogen) atoms. The van der Waals surface area contributed by atoms with E-state index in [1.807, 2.05) is 0 Å². The van der Waals surface area contributed by atoms with E-state index in [4.69, 9.17) is 5.73 Å². The van der Waals surface area contributed by atoms with Crippen LogP contribution in [0.4, 0.5) is 0 Å². The molecule has 0 aliphatic carbocycles. The number of rotatable bonds is 5. The predicted octanol–water partition coefficient (Wildman–Crippen LogP) is -0.880. The van der Waals surface area contributed by atoms with Crippen LogP contribution < -0.4 is 17.1 Å². The number of nitrogens with one attached hydrogen (secondary N) is 1. The lowest BCUT2D eigenvalue weighted by Crippen LogP contribution is -2.20. The van der Waals surface area contributed by atoms with E-state index < -0.39 is 0 Å². The van der Waals surface area contributed by atoms with Crippen LogP contribution in [0.2, 0.25) is 0 Å². The molecule has 0 unspecified atom stereocenters. The van der Waals surface area contributed by atoms with E-state index in [1.165, 1.54) is 0 Å². The molecule has 0 saturated heterocycles. The Balaban J connectivity index is 2.53. The van der Waals surface area contributed by atoms with Crippen LogP contribution >= 0.6 is 0 Å². The first-order valence-corrected chi connectivity index (χ1v) is 2.70. The molecule has 0 aromatic carbocycles. The van der Waals surface area contributed by atoms with Crippen molar-refractivity contribution < 1.29 is 4.94 Å². The maximum Gasteiger partial charge on any atom is 0.0229 e. The highest BCUT2D eigenvalue weighted by Crippen LogP contribution is 1.80. The molecule has 0 spiro atoms. The number of unbranched alkanes of at least 4 members (excludes halogenated alkanes) is 1. The van der Waals surface area contributed by atoms with Crippen LogP contribution in [0.5, 0.6) is 0 Å². The Kier molecular flexibility index (Phi) is 6.70. The van der Waals surface area contributed by atoms with E-state index in [0.29, 0.717) is 0 Å². The maximum absolute atomic E-state index is 5.21. The number of hydrogen-bond donors (Lipinski definition) is 3. The van der Waals surface area contributed by atoms with E-state index in [1.54, 1.807) is 0 Å². The lowest BCUT2D eigenvalue weighted by molar-refractivity contribution is 0.0402. The molecule has 0 aromatic rings. The third-order valence-corrected chi connectivity index (χ3v) is 0.816. The van der Waals surface area contributed by atoms with Gasteiger partial charge in [-0.05, 0) is 19.4 Å². The van der Waals surface area contributed by atoms with Crippen molar-refractivity contribution in [3.63, 3.8) is 0 Å². The molecule has 0 bridgehead atoms. The van der Waals surface area contributed by atoms with Crippen molar-refractivity contribution in [2.24, 2.45) is 11.6 Å². The zero-order valence-electron chi connectivity index (χ0n) is 4.89. The second kappa shape index (κ2) is 6.84. The third kappa shape index (κ3) is 5.84. The Morgan fingerprint density at radius 3 is 2.62 bits per heavy atom. The van der Waals surface area contributed by atoms with Crippen LogP contribution in [0, 0.1) is 0 Å². The number of hydrogen-bond acceptors (Lipinski definition) is 4. The molecule has 0 rings (SSSR count). The second-order valence-corrected chi connectivity index (χ2v) is 1.51. The summed E-state index contributed by atoms with van der Waals surface area (Å²) in [5, 5.41) is 0. The van der Waals surface area contributed by atoms with Crippen molar-refractivity contribution in [2.45, 2.75) is 12.8 Å². The molecular formula is C4H13N3O. The summed E-state index contributed by atoms with van der Waals surface area (Å²) < 4.78 is 0. The molecule has 0 aliphatic heterocycles. The smallest absolute Gasteiger partial charge is 0.0229 e. The van der Waals surface area contributed by atoms with Gasteiger partial charge in [-0.15, -0.1) is 0 Å². The van der Waals surface area contributed by atoms with Crippen LogP contribution in [-0.4, -0.2) is 13.1 Å². The molecule has 0 amide bonds. The minimum Gasteiger partial charge on any atom is -0.330 e. The highest BCUT2D eigenvalue weighted by Gasteiger charge is 1.82. The average molecular weight is 119 g/mol. The first-order valence-electron chi connectivity index (χ1n) is 2.70. The Hall–Kier alpha value is -0.160. The van der Waals surface area contributed by atoms with Gasteiger partial charge in [-0.2, -0.15) is 11.4 Å². The van der Waals surface area contributed by atoms with Crippen molar-refractivity contribution in [1.29, 1.82) is 0 Å². The Bertz CT molecular complexity index is 36.3. The molecule has 50 valence electrons. The van der Waals surface area contributed by atoms with Crippen LogP contribution in [0.3, 0.4) is 0 Å². The summed E-state index contributed by atoms with van der Waals surface area (Å²) in [6.45, 7) is 1.50. The van der Waals surface area contributed by atoms with Crippen molar-refractivity contribution in [1.82, 2.24) is 5.48 Å². The van der Waals surface area contributed by atoms with Crippen LogP contribution in [0.15, 0.2) is 0 Å². The molecule has 0 heterocycles. The van der Waals surface area contributed by atoms with Gasteiger partial charge in [0.1, 0.15) is 0 Å². The van der Waals surface area contributed by atoms with Gasteiger partial charge in [0.2, 0.25) is 0 Å². The van der Waals surface area contributed by atoms with Crippen LogP contribution in [0.1, 0.15) is 12.8 Å². The fourth-order valence-electron chi connectivity index (χ4n) is 0.400. The van der Waals surface area contributed by atoms with Gasteiger partial charge in [-0.1, -0.05) is 0 Å². The van der Waals surface area contributed by atoms with Gasteiger partial charge < -0.3 is 5.73 Å². The summed E-state index contributed by atoms with van der Waals surface area (Å²) in [6.07, 6.45) is 2.02. The molecule has 0 fully saturated rings. The summed E-state index contributed by atoms with van der Waals surface area (Å²) in [4.78, 5) is 4.10. The average Bonchev–Trinajstić information content (AvgIpc) is 1.81. The molecule has 0 aliphatic rings. The van der Waals surface area contributed by atoms with Crippen molar-refractivity contribution >= 4 is 0 Å². The van der Waals surface area contributed by atoms with E-state index in [-0.39, 0.29) is 0 Å². The Morgan fingerprint density at radius 2 is 2.12 bits per heavy atom. The van der Waals surface area contributed by atoms with E-state index in [0.717, 1.165) is 25.9 Å². The van der Waals surface area contributed by atoms with E-state index >= 15 is 0 Å². The van der Waals surface area contributed by atoms with Gasteiger partial charge >= 0.3 is 0 Å². The van der Waals surface area contributed by atoms with Gasteiger partial charge in [-0.25, -0.2) is 4.94 Å². The van der Waals surface area contributed by atoms with Gasteiger partial charge in [0.15, 0.2) is 0 Å². The summed E-state index contributed by atoms with van der Waals surface area (Å²) in [7, 11) is 0. The molecule has 5 N–H and O–H groups in total. The molecule has 0 aromatic heterocycles.